The van der Waals surface area contributed by atoms with E-state index in [4.69, 9.17) is 0 Å². The zero-order chi connectivity index (χ0) is 19.8. The Kier molecular flexibility index (Phi) is 6.35. The van der Waals surface area contributed by atoms with Gasteiger partial charge in [-0.15, -0.1) is 0 Å². The number of hydrazone groups is 1. The van der Waals surface area contributed by atoms with Crippen LogP contribution < -0.4 is 5.43 Å². The number of hydrogen-bond acceptors (Lipinski definition) is 3. The van der Waals surface area contributed by atoms with E-state index in [1.54, 1.807) is 48.5 Å². The van der Waals surface area contributed by atoms with Crippen molar-refractivity contribution >= 4 is 11.6 Å². The van der Waals surface area contributed by atoms with Gasteiger partial charge in [0.25, 0.3) is 5.91 Å². The molecule has 0 aliphatic heterocycles. The molecule has 0 heterocycles. The summed E-state index contributed by atoms with van der Waals surface area (Å²) in [6, 6.07) is 27.6. The van der Waals surface area contributed by atoms with Crippen molar-refractivity contribution in [3.8, 4) is 0 Å². The maximum atomic E-state index is 13.1. The van der Waals surface area contributed by atoms with Crippen molar-refractivity contribution in [2.75, 3.05) is 0 Å². The van der Waals surface area contributed by atoms with Crippen LogP contribution in [0.5, 0.6) is 0 Å². The number of nitrogens with zero attached hydrogens (tertiary/aromatic N) is 1. The van der Waals surface area contributed by atoms with Gasteiger partial charge in [0.15, 0.2) is 5.60 Å². The number of amides is 1. The fourth-order valence-corrected chi connectivity index (χ4v) is 3.12. The van der Waals surface area contributed by atoms with Gasteiger partial charge < -0.3 is 5.11 Å². The van der Waals surface area contributed by atoms with E-state index < -0.39 is 11.5 Å². The van der Waals surface area contributed by atoms with Gasteiger partial charge in [0, 0.05) is 0 Å². The Balaban J connectivity index is 1.96. The topological polar surface area (TPSA) is 61.7 Å². The molecule has 3 aromatic rings. The third-order valence-electron chi connectivity index (χ3n) is 4.60. The zero-order valence-corrected chi connectivity index (χ0v) is 15.9. The van der Waals surface area contributed by atoms with Gasteiger partial charge in [0.2, 0.25) is 0 Å². The van der Waals surface area contributed by atoms with Crippen molar-refractivity contribution < 1.29 is 9.90 Å². The van der Waals surface area contributed by atoms with Crippen LogP contribution in [0.25, 0.3) is 0 Å². The molecule has 4 heteroatoms. The maximum absolute atomic E-state index is 13.1. The predicted molar refractivity (Wildman–Crippen MR) is 112 cm³/mol. The Morgan fingerprint density at radius 2 is 1.32 bits per heavy atom. The van der Waals surface area contributed by atoms with Crippen molar-refractivity contribution in [1.29, 1.82) is 0 Å². The number of nitrogens with one attached hydrogen (secondary N) is 1. The molecule has 4 nitrogen and oxygen atoms in total. The van der Waals surface area contributed by atoms with Gasteiger partial charge in [-0.25, -0.2) is 5.43 Å². The third kappa shape index (κ3) is 4.18. The normalized spacial score (nSPS) is 11.9. The molecule has 0 aliphatic carbocycles. The van der Waals surface area contributed by atoms with Crippen molar-refractivity contribution in [3.63, 3.8) is 0 Å². The first kappa shape index (κ1) is 19.5. The molecule has 3 rings (SSSR count). The zero-order valence-electron chi connectivity index (χ0n) is 15.9. The molecule has 28 heavy (non-hydrogen) atoms. The number of rotatable bonds is 7. The molecule has 0 spiro atoms. The van der Waals surface area contributed by atoms with Crippen LogP contribution in [0.1, 0.15) is 36.5 Å². The summed E-state index contributed by atoms with van der Waals surface area (Å²) in [7, 11) is 0. The molecule has 1 amide bonds. The van der Waals surface area contributed by atoms with E-state index in [0.717, 1.165) is 24.1 Å². The molecular weight excluding hydrogens is 348 g/mol. The van der Waals surface area contributed by atoms with Crippen LogP contribution in [0.15, 0.2) is 96.1 Å². The van der Waals surface area contributed by atoms with Gasteiger partial charge in [0.1, 0.15) is 0 Å². The van der Waals surface area contributed by atoms with Gasteiger partial charge in [-0.3, -0.25) is 4.79 Å². The molecule has 0 saturated heterocycles. The lowest BCUT2D eigenvalue weighted by Gasteiger charge is -2.27. The van der Waals surface area contributed by atoms with Gasteiger partial charge in [0.05, 0.1) is 5.71 Å². The van der Waals surface area contributed by atoms with Crippen LogP contribution in [0, 0.1) is 0 Å². The molecule has 0 saturated carbocycles. The standard InChI is InChI=1S/C24H24N2O2/c1-2-12-22(19-13-6-3-7-14-19)25-26-23(27)24(28,20-15-8-4-9-16-20)21-17-10-5-11-18-21/h3-11,13-18,28H,2,12H2,1H3,(H,26,27)/b25-22-. The molecule has 0 radical (unpaired) electrons. The smallest absolute Gasteiger partial charge is 0.281 e. The SMILES string of the molecule is CCC/C(=N/NC(=O)C(O)(c1ccccc1)c1ccccc1)c1ccccc1. The largest absolute Gasteiger partial charge is 0.372 e. The van der Waals surface area contributed by atoms with E-state index in [1.165, 1.54) is 0 Å². The Hall–Kier alpha value is -3.24. The summed E-state index contributed by atoms with van der Waals surface area (Å²) in [5, 5.41) is 15.8. The number of hydrogen-bond donors (Lipinski definition) is 2. The van der Waals surface area contributed by atoms with Crippen molar-refractivity contribution in [1.82, 2.24) is 5.43 Å². The highest BCUT2D eigenvalue weighted by atomic mass is 16.3. The minimum atomic E-state index is -1.83. The van der Waals surface area contributed by atoms with Gasteiger partial charge in [-0.2, -0.15) is 5.10 Å². The fourth-order valence-electron chi connectivity index (χ4n) is 3.12. The fraction of sp³-hybridized carbons (Fsp3) is 0.167. The van der Waals surface area contributed by atoms with Crippen molar-refractivity contribution in [2.45, 2.75) is 25.4 Å². The lowest BCUT2D eigenvalue weighted by molar-refractivity contribution is -0.136. The van der Waals surface area contributed by atoms with Gasteiger partial charge in [-0.1, -0.05) is 104 Å². The van der Waals surface area contributed by atoms with Crippen molar-refractivity contribution in [2.24, 2.45) is 5.10 Å². The summed E-state index contributed by atoms with van der Waals surface area (Å²) in [5.74, 6) is -0.588. The molecule has 3 aromatic carbocycles. The van der Waals surface area contributed by atoms with Crippen LogP contribution in [0.2, 0.25) is 0 Å². The van der Waals surface area contributed by atoms with E-state index in [2.05, 4.69) is 17.5 Å². The molecule has 0 unspecified atom stereocenters. The summed E-state index contributed by atoms with van der Waals surface area (Å²) in [4.78, 5) is 13.1. The second-order valence-electron chi connectivity index (χ2n) is 6.56. The molecule has 0 atom stereocenters. The van der Waals surface area contributed by atoms with E-state index in [-0.39, 0.29) is 0 Å². The van der Waals surface area contributed by atoms with Gasteiger partial charge in [-0.05, 0) is 23.1 Å². The van der Waals surface area contributed by atoms with E-state index in [1.807, 2.05) is 42.5 Å². The van der Waals surface area contributed by atoms with Crippen LogP contribution in [0.4, 0.5) is 0 Å². The summed E-state index contributed by atoms with van der Waals surface area (Å²) in [6.07, 6.45) is 1.62. The molecule has 142 valence electrons. The molecule has 2 N–H and O–H groups in total. The van der Waals surface area contributed by atoms with Crippen LogP contribution >= 0.6 is 0 Å². The molecule has 0 aliphatic rings. The number of carbonyl (C=O) groups is 1. The monoisotopic (exact) mass is 372 g/mol. The average Bonchev–Trinajstić information content (AvgIpc) is 2.77. The van der Waals surface area contributed by atoms with E-state index >= 15 is 0 Å². The highest BCUT2D eigenvalue weighted by molar-refractivity contribution is 6.01. The number of aliphatic hydroxyl groups is 1. The predicted octanol–water partition coefficient (Wildman–Crippen LogP) is 4.24. The first-order valence-electron chi connectivity index (χ1n) is 9.42. The number of benzene rings is 3. The lowest BCUT2D eigenvalue weighted by atomic mass is 9.85. The second kappa shape index (κ2) is 9.11. The lowest BCUT2D eigenvalue weighted by Crippen LogP contribution is -2.44. The molecule has 0 bridgehead atoms. The minimum absolute atomic E-state index is 0.491. The van der Waals surface area contributed by atoms with Crippen molar-refractivity contribution in [3.05, 3.63) is 108 Å². The number of carbonyl (C=O) groups excluding carboxylic acids is 1. The van der Waals surface area contributed by atoms with Crippen LogP contribution in [0.3, 0.4) is 0 Å². The first-order valence-corrected chi connectivity index (χ1v) is 9.42. The summed E-state index contributed by atoms with van der Waals surface area (Å²) in [6.45, 7) is 2.06. The van der Waals surface area contributed by atoms with Crippen LogP contribution in [-0.4, -0.2) is 16.7 Å². The Morgan fingerprint density at radius 3 is 1.79 bits per heavy atom. The molecule has 0 fully saturated rings. The highest BCUT2D eigenvalue weighted by Crippen LogP contribution is 2.29. The maximum Gasteiger partial charge on any atom is 0.281 e. The average molecular weight is 372 g/mol. The third-order valence-corrected chi connectivity index (χ3v) is 4.60. The molecular formula is C24H24N2O2. The summed E-state index contributed by atoms with van der Waals surface area (Å²) < 4.78 is 0. The Bertz CT molecular complexity index is 883. The quantitative estimate of drug-likeness (QED) is 0.481. The minimum Gasteiger partial charge on any atom is -0.372 e. The highest BCUT2D eigenvalue weighted by Gasteiger charge is 2.39. The first-order chi connectivity index (χ1) is 13.7. The summed E-state index contributed by atoms with van der Waals surface area (Å²) >= 11 is 0. The van der Waals surface area contributed by atoms with E-state index in [9.17, 15) is 9.90 Å². The van der Waals surface area contributed by atoms with E-state index in [0.29, 0.717) is 11.1 Å². The summed E-state index contributed by atoms with van der Waals surface area (Å²) in [5.41, 5.74) is 3.48. The second-order valence-corrected chi connectivity index (χ2v) is 6.56. The Morgan fingerprint density at radius 1 is 0.857 bits per heavy atom. The van der Waals surface area contributed by atoms with Crippen LogP contribution in [-0.2, 0) is 10.4 Å². The Labute approximate surface area is 165 Å². The van der Waals surface area contributed by atoms with Gasteiger partial charge >= 0.3 is 0 Å². The molecule has 0 aromatic heterocycles.